The molecule has 0 spiro atoms. The number of fused-ring (bicyclic) bond motifs is 1. The van der Waals surface area contributed by atoms with Crippen molar-refractivity contribution in [1.29, 1.82) is 5.26 Å². The number of nitriles is 1. The van der Waals surface area contributed by atoms with E-state index in [1.54, 1.807) is 35.7 Å². The number of nitrogens with zero attached hydrogens (tertiary/aromatic N) is 1. The van der Waals surface area contributed by atoms with Crippen LogP contribution in [0.15, 0.2) is 58.7 Å². The van der Waals surface area contributed by atoms with Crippen LogP contribution >= 0.6 is 11.3 Å². The van der Waals surface area contributed by atoms with Crippen LogP contribution < -0.4 is 5.43 Å². The number of hydrogen-bond acceptors (Lipinski definition) is 4. The van der Waals surface area contributed by atoms with E-state index >= 15 is 0 Å². The van der Waals surface area contributed by atoms with Crippen molar-refractivity contribution in [3.05, 3.63) is 80.8 Å². The topological polar surface area (TPSA) is 61.1 Å². The molecule has 0 amide bonds. The fourth-order valence-electron chi connectivity index (χ4n) is 2.20. The predicted octanol–water partition coefficient (Wildman–Crippen LogP) is 3.21. The van der Waals surface area contributed by atoms with Gasteiger partial charge in [0.15, 0.2) is 5.43 Å². The van der Waals surface area contributed by atoms with Crippen LogP contribution in [0.4, 0.5) is 0 Å². The summed E-state index contributed by atoms with van der Waals surface area (Å²) in [5.41, 5.74) is 1.34. The van der Waals surface area contributed by atoms with Gasteiger partial charge in [0.25, 0.3) is 0 Å². The van der Waals surface area contributed by atoms with Gasteiger partial charge in [-0.25, -0.2) is 0 Å². The molecule has 0 saturated carbocycles. The van der Waals surface area contributed by atoms with Gasteiger partial charge in [0.05, 0.1) is 11.6 Å². The van der Waals surface area contributed by atoms with Gasteiger partial charge in [0.1, 0.15) is 6.10 Å². The molecule has 4 heteroatoms. The van der Waals surface area contributed by atoms with Gasteiger partial charge in [0.2, 0.25) is 0 Å². The number of rotatable bonds is 2. The zero-order valence-corrected chi connectivity index (χ0v) is 11.8. The average molecular weight is 293 g/mol. The van der Waals surface area contributed by atoms with E-state index in [-0.39, 0.29) is 5.43 Å². The summed E-state index contributed by atoms with van der Waals surface area (Å²) in [4.78, 5) is 12.5. The van der Waals surface area contributed by atoms with Gasteiger partial charge in [-0.15, -0.1) is 11.3 Å². The fourth-order valence-corrected chi connectivity index (χ4v) is 3.14. The molecule has 0 radical (unpaired) electrons. The fraction of sp³-hybridized carbons (Fsp3) is 0.0588. The molecule has 0 fully saturated rings. The Kier molecular flexibility index (Phi) is 3.53. The molecule has 1 unspecified atom stereocenters. The first kappa shape index (κ1) is 13.5. The molecule has 0 aliphatic carbocycles. The van der Waals surface area contributed by atoms with Crippen LogP contribution in [0.1, 0.15) is 22.8 Å². The molecule has 3 aromatic rings. The summed E-state index contributed by atoms with van der Waals surface area (Å²) < 4.78 is 0.901. The van der Waals surface area contributed by atoms with Crippen LogP contribution in [-0.4, -0.2) is 5.11 Å². The van der Waals surface area contributed by atoms with Gasteiger partial charge < -0.3 is 5.11 Å². The highest BCUT2D eigenvalue weighted by Gasteiger charge is 2.15. The van der Waals surface area contributed by atoms with E-state index in [0.717, 1.165) is 4.70 Å². The van der Waals surface area contributed by atoms with E-state index in [0.29, 0.717) is 22.1 Å². The van der Waals surface area contributed by atoms with Gasteiger partial charge in [-0.05, 0) is 29.8 Å². The molecule has 3 rings (SSSR count). The molecule has 1 atom stereocenters. The van der Waals surface area contributed by atoms with E-state index in [9.17, 15) is 9.90 Å². The maximum atomic E-state index is 12.5. The molecule has 1 heterocycles. The lowest BCUT2D eigenvalue weighted by Crippen LogP contribution is -2.13. The van der Waals surface area contributed by atoms with Crippen molar-refractivity contribution < 1.29 is 5.11 Å². The molecule has 2 aromatic carbocycles. The second-order valence-electron chi connectivity index (χ2n) is 4.65. The van der Waals surface area contributed by atoms with Crippen molar-refractivity contribution in [2.24, 2.45) is 0 Å². The Bertz CT molecular complexity index is 891. The van der Waals surface area contributed by atoms with E-state index in [4.69, 9.17) is 5.26 Å². The van der Waals surface area contributed by atoms with Crippen LogP contribution in [0.25, 0.3) is 10.1 Å². The molecule has 1 aromatic heterocycles. The monoisotopic (exact) mass is 293 g/mol. The van der Waals surface area contributed by atoms with Crippen molar-refractivity contribution in [3.63, 3.8) is 0 Å². The van der Waals surface area contributed by atoms with Gasteiger partial charge >= 0.3 is 0 Å². The van der Waals surface area contributed by atoms with Crippen molar-refractivity contribution in [3.8, 4) is 6.07 Å². The second kappa shape index (κ2) is 5.49. The molecular weight excluding hydrogens is 282 g/mol. The van der Waals surface area contributed by atoms with Crippen LogP contribution in [0.2, 0.25) is 0 Å². The molecular formula is C17H11NO2S. The highest BCUT2D eigenvalue weighted by atomic mass is 32.1. The number of hydrogen-bond donors (Lipinski definition) is 1. The normalized spacial score (nSPS) is 12.0. The molecule has 0 saturated heterocycles. The van der Waals surface area contributed by atoms with E-state index < -0.39 is 6.10 Å². The first-order valence-electron chi connectivity index (χ1n) is 6.39. The maximum absolute atomic E-state index is 12.5. The molecule has 0 aliphatic heterocycles. The van der Waals surface area contributed by atoms with Crippen molar-refractivity contribution in [2.75, 3.05) is 0 Å². The van der Waals surface area contributed by atoms with Gasteiger partial charge in [0, 0.05) is 21.0 Å². The summed E-state index contributed by atoms with van der Waals surface area (Å²) in [6.07, 6.45) is -0.980. The number of aliphatic hydroxyl groups is 1. The third kappa shape index (κ3) is 2.45. The average Bonchev–Trinajstić information content (AvgIpc) is 2.55. The highest BCUT2D eigenvalue weighted by molar-refractivity contribution is 7.16. The Morgan fingerprint density at radius 2 is 1.81 bits per heavy atom. The molecule has 0 bridgehead atoms. The number of benzene rings is 2. The molecule has 102 valence electrons. The largest absolute Gasteiger partial charge is 0.383 e. The summed E-state index contributed by atoms with van der Waals surface area (Å²) in [6, 6.07) is 16.0. The summed E-state index contributed by atoms with van der Waals surface area (Å²) in [5.74, 6) is 0. The lowest BCUT2D eigenvalue weighted by molar-refractivity contribution is 0.219. The minimum atomic E-state index is -0.980. The first-order valence-corrected chi connectivity index (χ1v) is 7.27. The zero-order chi connectivity index (χ0) is 14.8. The SMILES string of the molecule is N#Cc1ccc(C(O)c2csc3ccccc3c2=O)cc1. The smallest absolute Gasteiger partial charge is 0.194 e. The Labute approximate surface area is 125 Å². The third-order valence-electron chi connectivity index (χ3n) is 3.36. The van der Waals surface area contributed by atoms with Crippen molar-refractivity contribution >= 4 is 21.4 Å². The van der Waals surface area contributed by atoms with E-state index in [1.165, 1.54) is 11.3 Å². The molecule has 3 nitrogen and oxygen atoms in total. The lowest BCUT2D eigenvalue weighted by Gasteiger charge is -2.11. The van der Waals surface area contributed by atoms with Crippen LogP contribution in [0, 0.1) is 11.3 Å². The minimum Gasteiger partial charge on any atom is -0.383 e. The third-order valence-corrected chi connectivity index (χ3v) is 4.34. The van der Waals surface area contributed by atoms with E-state index in [1.807, 2.05) is 24.3 Å². The van der Waals surface area contributed by atoms with Crippen molar-refractivity contribution in [2.45, 2.75) is 6.10 Å². The van der Waals surface area contributed by atoms with Gasteiger partial charge in [-0.3, -0.25) is 4.79 Å². The zero-order valence-electron chi connectivity index (χ0n) is 11.0. The Hall–Kier alpha value is -2.48. The number of aliphatic hydroxyl groups excluding tert-OH is 1. The maximum Gasteiger partial charge on any atom is 0.194 e. The van der Waals surface area contributed by atoms with E-state index in [2.05, 4.69) is 0 Å². The van der Waals surface area contributed by atoms with Gasteiger partial charge in [-0.1, -0.05) is 24.3 Å². The predicted molar refractivity (Wildman–Crippen MR) is 83.3 cm³/mol. The standard InChI is InChI=1S/C17H11NO2S/c18-9-11-5-7-12(8-6-11)16(19)14-10-21-15-4-2-1-3-13(15)17(14)20/h1-8,10,16,19H. The highest BCUT2D eigenvalue weighted by Crippen LogP contribution is 2.24. The molecule has 0 aliphatic rings. The van der Waals surface area contributed by atoms with Gasteiger partial charge in [-0.2, -0.15) is 5.26 Å². The minimum absolute atomic E-state index is 0.152. The second-order valence-corrected chi connectivity index (χ2v) is 5.56. The summed E-state index contributed by atoms with van der Waals surface area (Å²) >= 11 is 1.44. The summed E-state index contributed by atoms with van der Waals surface area (Å²) in [6.45, 7) is 0. The first-order chi connectivity index (χ1) is 10.2. The lowest BCUT2D eigenvalue weighted by atomic mass is 10.0. The Morgan fingerprint density at radius 3 is 2.52 bits per heavy atom. The molecule has 21 heavy (non-hydrogen) atoms. The van der Waals surface area contributed by atoms with Crippen LogP contribution in [0.5, 0.6) is 0 Å². The van der Waals surface area contributed by atoms with Crippen LogP contribution in [0.3, 0.4) is 0 Å². The van der Waals surface area contributed by atoms with Crippen molar-refractivity contribution in [1.82, 2.24) is 0 Å². The van der Waals surface area contributed by atoms with Crippen LogP contribution in [-0.2, 0) is 0 Å². The molecule has 1 N–H and O–H groups in total. The Morgan fingerprint density at radius 1 is 1.10 bits per heavy atom. The Balaban J connectivity index is 2.09. The summed E-state index contributed by atoms with van der Waals surface area (Å²) in [5, 5.41) is 21.5. The quantitative estimate of drug-likeness (QED) is 0.789. The summed E-state index contributed by atoms with van der Waals surface area (Å²) in [7, 11) is 0.